The van der Waals surface area contributed by atoms with Crippen molar-refractivity contribution in [1.29, 1.82) is 0 Å². The summed E-state index contributed by atoms with van der Waals surface area (Å²) in [5, 5.41) is 0. The van der Waals surface area contributed by atoms with Crippen LogP contribution in [-0.2, 0) is 11.3 Å². The molecule has 3 nitrogen and oxygen atoms in total. The largest absolute Gasteiger partial charge is 0.496 e. The minimum atomic E-state index is -4.84. The SMILES string of the molecule is COc1ccc(CN(C)C(=O)C(F)(F)F)cc1C. The highest BCUT2D eigenvalue weighted by Gasteiger charge is 2.41. The van der Waals surface area contributed by atoms with Gasteiger partial charge in [-0.15, -0.1) is 0 Å². The molecule has 0 aliphatic rings. The van der Waals surface area contributed by atoms with E-state index in [2.05, 4.69) is 0 Å². The molecule has 18 heavy (non-hydrogen) atoms. The Hall–Kier alpha value is -1.72. The summed E-state index contributed by atoms with van der Waals surface area (Å²) in [4.78, 5) is 11.6. The normalized spacial score (nSPS) is 11.2. The summed E-state index contributed by atoms with van der Waals surface area (Å²) in [6, 6.07) is 4.99. The Labute approximate surface area is 103 Å². The Balaban J connectivity index is 2.80. The molecule has 1 aromatic carbocycles. The summed E-state index contributed by atoms with van der Waals surface area (Å²) in [6.07, 6.45) is -4.84. The molecule has 0 heterocycles. The van der Waals surface area contributed by atoms with Gasteiger partial charge in [-0.2, -0.15) is 13.2 Å². The summed E-state index contributed by atoms with van der Waals surface area (Å²) in [5.74, 6) is -1.19. The van der Waals surface area contributed by atoms with E-state index >= 15 is 0 Å². The zero-order valence-corrected chi connectivity index (χ0v) is 10.3. The fourth-order valence-electron chi connectivity index (χ4n) is 1.60. The molecule has 0 saturated carbocycles. The van der Waals surface area contributed by atoms with Crippen molar-refractivity contribution in [3.63, 3.8) is 0 Å². The number of hydrogen-bond acceptors (Lipinski definition) is 2. The third-order valence-corrected chi connectivity index (χ3v) is 2.47. The van der Waals surface area contributed by atoms with E-state index in [-0.39, 0.29) is 6.54 Å². The van der Waals surface area contributed by atoms with E-state index in [1.807, 2.05) is 0 Å². The van der Waals surface area contributed by atoms with Crippen LogP contribution in [0.2, 0.25) is 0 Å². The van der Waals surface area contributed by atoms with Crippen molar-refractivity contribution in [3.05, 3.63) is 29.3 Å². The van der Waals surface area contributed by atoms with Crippen molar-refractivity contribution in [2.24, 2.45) is 0 Å². The predicted molar refractivity (Wildman–Crippen MR) is 60.3 cm³/mol. The predicted octanol–water partition coefficient (Wildman–Crippen LogP) is 2.52. The van der Waals surface area contributed by atoms with Crippen LogP contribution in [0.5, 0.6) is 5.75 Å². The summed E-state index contributed by atoms with van der Waals surface area (Å²) in [6.45, 7) is 1.69. The van der Waals surface area contributed by atoms with Gasteiger partial charge in [0.2, 0.25) is 0 Å². The minimum absolute atomic E-state index is 0.0941. The van der Waals surface area contributed by atoms with E-state index in [1.54, 1.807) is 25.1 Å². The average Bonchev–Trinajstić information content (AvgIpc) is 2.27. The molecule has 6 heteroatoms. The Morgan fingerprint density at radius 2 is 2.00 bits per heavy atom. The highest BCUT2D eigenvalue weighted by atomic mass is 19.4. The number of aryl methyl sites for hydroxylation is 1. The van der Waals surface area contributed by atoms with Crippen LogP contribution in [0.4, 0.5) is 13.2 Å². The first-order valence-electron chi connectivity index (χ1n) is 5.21. The number of methoxy groups -OCH3 is 1. The number of hydrogen-bond donors (Lipinski definition) is 0. The lowest BCUT2D eigenvalue weighted by atomic mass is 10.1. The van der Waals surface area contributed by atoms with Gasteiger partial charge < -0.3 is 9.64 Å². The molecule has 100 valence electrons. The number of ether oxygens (including phenoxy) is 1. The molecule has 0 saturated heterocycles. The van der Waals surface area contributed by atoms with Crippen LogP contribution in [0.25, 0.3) is 0 Å². The first-order chi connectivity index (χ1) is 8.25. The second kappa shape index (κ2) is 5.29. The summed E-state index contributed by atoms with van der Waals surface area (Å²) in [7, 11) is 2.64. The number of nitrogens with zero attached hydrogens (tertiary/aromatic N) is 1. The lowest BCUT2D eigenvalue weighted by molar-refractivity contribution is -0.184. The lowest BCUT2D eigenvalue weighted by Crippen LogP contribution is -2.37. The van der Waals surface area contributed by atoms with Gasteiger partial charge in [-0.3, -0.25) is 4.79 Å². The van der Waals surface area contributed by atoms with E-state index in [1.165, 1.54) is 7.11 Å². The summed E-state index contributed by atoms with van der Waals surface area (Å²) < 4.78 is 41.6. The molecule has 1 amide bonds. The standard InChI is InChI=1S/C12H14F3NO2/c1-8-6-9(4-5-10(8)18-3)7-16(2)11(17)12(13,14)15/h4-6H,7H2,1-3H3. The van der Waals surface area contributed by atoms with Crippen LogP contribution < -0.4 is 4.74 Å². The number of rotatable bonds is 3. The zero-order valence-electron chi connectivity index (χ0n) is 10.3. The first kappa shape index (κ1) is 14.3. The molecular weight excluding hydrogens is 247 g/mol. The second-order valence-electron chi connectivity index (χ2n) is 3.96. The average molecular weight is 261 g/mol. The quantitative estimate of drug-likeness (QED) is 0.836. The Bertz CT molecular complexity index is 443. The maximum Gasteiger partial charge on any atom is 0.471 e. The molecule has 0 atom stereocenters. The molecule has 1 aromatic rings. The summed E-state index contributed by atoms with van der Waals surface area (Å²) >= 11 is 0. The van der Waals surface area contributed by atoms with Gasteiger partial charge in [0.25, 0.3) is 0 Å². The van der Waals surface area contributed by atoms with Gasteiger partial charge in [-0.25, -0.2) is 0 Å². The number of carbonyl (C=O) groups is 1. The van der Waals surface area contributed by atoms with Gasteiger partial charge in [0.05, 0.1) is 7.11 Å². The molecule has 0 fully saturated rings. The molecule has 0 spiro atoms. The maximum absolute atomic E-state index is 12.2. The van der Waals surface area contributed by atoms with Crippen LogP contribution >= 0.6 is 0 Å². The van der Waals surface area contributed by atoms with Crippen LogP contribution in [0.1, 0.15) is 11.1 Å². The summed E-state index contributed by atoms with van der Waals surface area (Å²) in [5.41, 5.74) is 1.43. The zero-order chi connectivity index (χ0) is 13.9. The molecular formula is C12H14F3NO2. The number of amides is 1. The highest BCUT2D eigenvalue weighted by Crippen LogP contribution is 2.21. The third-order valence-electron chi connectivity index (χ3n) is 2.47. The van der Waals surface area contributed by atoms with Gasteiger partial charge >= 0.3 is 12.1 Å². The molecule has 0 aromatic heterocycles. The van der Waals surface area contributed by atoms with Gasteiger partial charge in [-0.05, 0) is 24.1 Å². The van der Waals surface area contributed by atoms with Crippen molar-refractivity contribution >= 4 is 5.91 Å². The molecule has 0 aliphatic carbocycles. The van der Waals surface area contributed by atoms with Crippen LogP contribution in [0.3, 0.4) is 0 Å². The van der Waals surface area contributed by atoms with Crippen molar-refractivity contribution in [3.8, 4) is 5.75 Å². The van der Waals surface area contributed by atoms with Gasteiger partial charge in [0.1, 0.15) is 5.75 Å². The third kappa shape index (κ3) is 3.38. The Morgan fingerprint density at radius 1 is 1.39 bits per heavy atom. The van der Waals surface area contributed by atoms with Crippen LogP contribution in [0, 0.1) is 6.92 Å². The van der Waals surface area contributed by atoms with Crippen molar-refractivity contribution in [2.45, 2.75) is 19.6 Å². The van der Waals surface area contributed by atoms with E-state index in [4.69, 9.17) is 4.74 Å². The van der Waals surface area contributed by atoms with E-state index in [9.17, 15) is 18.0 Å². The minimum Gasteiger partial charge on any atom is -0.496 e. The van der Waals surface area contributed by atoms with Gasteiger partial charge in [0.15, 0.2) is 0 Å². The monoisotopic (exact) mass is 261 g/mol. The Morgan fingerprint density at radius 3 is 2.44 bits per heavy atom. The van der Waals surface area contributed by atoms with Crippen LogP contribution in [0.15, 0.2) is 18.2 Å². The maximum atomic E-state index is 12.2. The molecule has 1 rings (SSSR count). The van der Waals surface area contributed by atoms with Crippen LogP contribution in [-0.4, -0.2) is 31.1 Å². The second-order valence-corrected chi connectivity index (χ2v) is 3.96. The topological polar surface area (TPSA) is 29.5 Å². The molecule has 0 bridgehead atoms. The van der Waals surface area contributed by atoms with Crippen molar-refractivity contribution in [1.82, 2.24) is 4.90 Å². The number of carbonyl (C=O) groups excluding carboxylic acids is 1. The van der Waals surface area contributed by atoms with E-state index < -0.39 is 12.1 Å². The number of alkyl halides is 3. The number of benzene rings is 1. The Kier molecular flexibility index (Phi) is 4.21. The van der Waals surface area contributed by atoms with E-state index in [0.29, 0.717) is 16.2 Å². The fraction of sp³-hybridized carbons (Fsp3) is 0.417. The van der Waals surface area contributed by atoms with Gasteiger partial charge in [0, 0.05) is 13.6 Å². The molecule has 0 N–H and O–H groups in total. The van der Waals surface area contributed by atoms with Crippen molar-refractivity contribution in [2.75, 3.05) is 14.2 Å². The van der Waals surface area contributed by atoms with Crippen molar-refractivity contribution < 1.29 is 22.7 Å². The fourth-order valence-corrected chi connectivity index (χ4v) is 1.60. The van der Waals surface area contributed by atoms with Gasteiger partial charge in [-0.1, -0.05) is 12.1 Å². The molecule has 0 radical (unpaired) electrons. The smallest absolute Gasteiger partial charge is 0.471 e. The first-order valence-corrected chi connectivity index (χ1v) is 5.21. The van der Waals surface area contributed by atoms with E-state index in [0.717, 1.165) is 12.6 Å². The highest BCUT2D eigenvalue weighted by molar-refractivity contribution is 5.81. The molecule has 0 unspecified atom stereocenters. The number of halogens is 3. The lowest BCUT2D eigenvalue weighted by Gasteiger charge is -2.19. The molecule has 0 aliphatic heterocycles.